The highest BCUT2D eigenvalue weighted by atomic mass is 16.5. The van der Waals surface area contributed by atoms with Gasteiger partial charge in [-0.1, -0.05) is 23.4 Å². The summed E-state index contributed by atoms with van der Waals surface area (Å²) in [4.78, 5) is 16.9. The van der Waals surface area contributed by atoms with Gasteiger partial charge in [0.1, 0.15) is 11.4 Å². The lowest BCUT2D eigenvalue weighted by Gasteiger charge is -2.04. The molecule has 0 saturated heterocycles. The third-order valence-corrected chi connectivity index (χ3v) is 3.95. The molecule has 0 saturated carbocycles. The minimum Gasteiger partial charge on any atom is -0.361 e. The highest BCUT2D eigenvalue weighted by Crippen LogP contribution is 2.23. The fourth-order valence-electron chi connectivity index (χ4n) is 2.72. The molecule has 0 bridgehead atoms. The first-order valence-electron chi connectivity index (χ1n) is 7.89. The number of imidazole rings is 1. The van der Waals surface area contributed by atoms with Gasteiger partial charge in [-0.15, -0.1) is 0 Å². The molecule has 1 N–H and O–H groups in total. The van der Waals surface area contributed by atoms with Gasteiger partial charge in [-0.05, 0) is 37.6 Å². The Morgan fingerprint density at radius 1 is 1.16 bits per heavy atom. The molecule has 0 fully saturated rings. The smallest absolute Gasteiger partial charge is 0.277 e. The van der Waals surface area contributed by atoms with Gasteiger partial charge in [-0.25, -0.2) is 4.98 Å². The molecule has 25 heavy (non-hydrogen) atoms. The molecule has 124 valence electrons. The largest absolute Gasteiger partial charge is 0.361 e. The van der Waals surface area contributed by atoms with E-state index in [1.54, 1.807) is 13.0 Å². The number of anilines is 1. The second-order valence-electron chi connectivity index (χ2n) is 5.91. The van der Waals surface area contributed by atoms with E-state index < -0.39 is 0 Å². The number of hydrogen-bond acceptors (Lipinski definition) is 4. The number of carbonyl (C=O) groups excluding carboxylic acids is 1. The Labute approximate surface area is 144 Å². The van der Waals surface area contributed by atoms with E-state index >= 15 is 0 Å². The first kappa shape index (κ1) is 15.1. The highest BCUT2D eigenvalue weighted by Gasteiger charge is 2.12. The number of nitrogens with zero attached hydrogens (tertiary/aromatic N) is 3. The van der Waals surface area contributed by atoms with Crippen LogP contribution in [-0.2, 0) is 0 Å². The Hall–Kier alpha value is -3.41. The summed E-state index contributed by atoms with van der Waals surface area (Å²) in [5.41, 5.74) is 4.74. The Bertz CT molecular complexity index is 1080. The lowest BCUT2D eigenvalue weighted by atomic mass is 10.1. The quantitative estimate of drug-likeness (QED) is 0.618. The number of pyridine rings is 1. The van der Waals surface area contributed by atoms with Gasteiger partial charge < -0.3 is 14.2 Å². The minimum atomic E-state index is -0.306. The molecule has 6 heteroatoms. The summed E-state index contributed by atoms with van der Waals surface area (Å²) in [6.07, 6.45) is 3.95. The molecule has 0 aliphatic carbocycles. The van der Waals surface area contributed by atoms with Gasteiger partial charge in [0.15, 0.2) is 5.69 Å². The number of aryl methyl sites for hydroxylation is 2. The Balaban J connectivity index is 1.64. The predicted molar refractivity (Wildman–Crippen MR) is 94.6 cm³/mol. The lowest BCUT2D eigenvalue weighted by Crippen LogP contribution is -2.12. The Kier molecular flexibility index (Phi) is 3.57. The molecule has 0 radical (unpaired) electrons. The van der Waals surface area contributed by atoms with Crippen molar-refractivity contribution in [2.75, 3.05) is 5.32 Å². The maximum Gasteiger partial charge on any atom is 0.277 e. The van der Waals surface area contributed by atoms with Crippen LogP contribution in [0.1, 0.15) is 21.8 Å². The zero-order chi connectivity index (χ0) is 17.4. The molecule has 4 aromatic rings. The molecule has 0 atom stereocenters. The number of hydrogen-bond donors (Lipinski definition) is 1. The van der Waals surface area contributed by atoms with Gasteiger partial charge >= 0.3 is 0 Å². The summed E-state index contributed by atoms with van der Waals surface area (Å²) in [7, 11) is 0. The van der Waals surface area contributed by atoms with Gasteiger partial charge in [0.2, 0.25) is 0 Å². The van der Waals surface area contributed by atoms with Crippen molar-refractivity contribution in [3.63, 3.8) is 0 Å². The SMILES string of the molecule is Cc1cc(C(=O)Nc2cccc(-c3cn4cccc(C)c4n3)c2)no1. The third-order valence-electron chi connectivity index (χ3n) is 3.95. The summed E-state index contributed by atoms with van der Waals surface area (Å²) in [6, 6.07) is 13.2. The molecule has 3 aromatic heterocycles. The zero-order valence-electron chi connectivity index (χ0n) is 13.9. The molecule has 1 aromatic carbocycles. The van der Waals surface area contributed by atoms with E-state index in [0.717, 1.165) is 22.5 Å². The van der Waals surface area contributed by atoms with Crippen molar-refractivity contribution in [1.82, 2.24) is 14.5 Å². The van der Waals surface area contributed by atoms with Crippen molar-refractivity contribution in [3.05, 3.63) is 71.9 Å². The first-order chi connectivity index (χ1) is 12.1. The number of fused-ring (bicyclic) bond motifs is 1. The molecule has 0 spiro atoms. The van der Waals surface area contributed by atoms with Crippen molar-refractivity contribution in [2.45, 2.75) is 13.8 Å². The Morgan fingerprint density at radius 2 is 2.04 bits per heavy atom. The molecule has 1 amide bonds. The number of carbonyl (C=O) groups is 1. The monoisotopic (exact) mass is 332 g/mol. The normalized spacial score (nSPS) is 11.0. The number of aromatic nitrogens is 3. The average molecular weight is 332 g/mol. The molecular formula is C19H16N4O2. The van der Waals surface area contributed by atoms with Crippen LogP contribution in [0.4, 0.5) is 5.69 Å². The fourth-order valence-corrected chi connectivity index (χ4v) is 2.72. The topological polar surface area (TPSA) is 72.4 Å². The second-order valence-corrected chi connectivity index (χ2v) is 5.91. The van der Waals surface area contributed by atoms with Crippen LogP contribution >= 0.6 is 0 Å². The van der Waals surface area contributed by atoms with Gasteiger partial charge in [0.05, 0.1) is 5.69 Å². The molecule has 3 heterocycles. The molecule has 0 aliphatic rings. The van der Waals surface area contributed by atoms with Crippen molar-refractivity contribution < 1.29 is 9.32 Å². The van der Waals surface area contributed by atoms with E-state index in [-0.39, 0.29) is 11.6 Å². The highest BCUT2D eigenvalue weighted by molar-refractivity contribution is 6.03. The van der Waals surface area contributed by atoms with Crippen LogP contribution in [0.2, 0.25) is 0 Å². The molecule has 6 nitrogen and oxygen atoms in total. The van der Waals surface area contributed by atoms with Crippen LogP contribution in [0, 0.1) is 13.8 Å². The van der Waals surface area contributed by atoms with E-state index in [1.165, 1.54) is 0 Å². The van der Waals surface area contributed by atoms with Crippen molar-refractivity contribution in [2.24, 2.45) is 0 Å². The molecule has 4 rings (SSSR count). The molecule has 0 unspecified atom stereocenters. The fraction of sp³-hybridized carbons (Fsp3) is 0.105. The van der Waals surface area contributed by atoms with E-state index in [9.17, 15) is 4.79 Å². The summed E-state index contributed by atoms with van der Waals surface area (Å²) in [5, 5.41) is 6.56. The summed E-state index contributed by atoms with van der Waals surface area (Å²) in [5.74, 6) is 0.291. The van der Waals surface area contributed by atoms with Gasteiger partial charge in [0, 0.05) is 29.7 Å². The first-order valence-corrected chi connectivity index (χ1v) is 7.89. The van der Waals surface area contributed by atoms with E-state index in [1.807, 2.05) is 60.1 Å². The van der Waals surface area contributed by atoms with Crippen LogP contribution in [0.25, 0.3) is 16.9 Å². The standard InChI is InChI=1S/C19H16N4O2/c1-12-5-4-8-23-11-17(21-18(12)23)14-6-3-7-15(10-14)20-19(24)16-9-13(2)25-22-16/h3-11H,1-2H3,(H,20,24). The van der Waals surface area contributed by atoms with Crippen molar-refractivity contribution >= 4 is 17.2 Å². The van der Waals surface area contributed by atoms with Crippen LogP contribution in [0.15, 0.2) is 59.4 Å². The Morgan fingerprint density at radius 3 is 2.80 bits per heavy atom. The second kappa shape index (κ2) is 5.90. The summed E-state index contributed by atoms with van der Waals surface area (Å²) >= 11 is 0. The minimum absolute atomic E-state index is 0.256. The molecular weight excluding hydrogens is 316 g/mol. The van der Waals surface area contributed by atoms with Crippen molar-refractivity contribution in [1.29, 1.82) is 0 Å². The number of amides is 1. The van der Waals surface area contributed by atoms with Gasteiger partial charge in [0.25, 0.3) is 5.91 Å². The van der Waals surface area contributed by atoms with Gasteiger partial charge in [-0.2, -0.15) is 0 Å². The van der Waals surface area contributed by atoms with Crippen LogP contribution in [0.3, 0.4) is 0 Å². The number of nitrogens with one attached hydrogen (secondary N) is 1. The summed E-state index contributed by atoms with van der Waals surface area (Å²) < 4.78 is 6.93. The maximum atomic E-state index is 12.2. The maximum absolute atomic E-state index is 12.2. The lowest BCUT2D eigenvalue weighted by molar-refractivity contribution is 0.101. The van der Waals surface area contributed by atoms with E-state index in [0.29, 0.717) is 11.4 Å². The van der Waals surface area contributed by atoms with Crippen LogP contribution in [0.5, 0.6) is 0 Å². The predicted octanol–water partition coefficient (Wildman–Crippen LogP) is 3.86. The van der Waals surface area contributed by atoms with Crippen LogP contribution < -0.4 is 5.32 Å². The van der Waals surface area contributed by atoms with Crippen LogP contribution in [-0.4, -0.2) is 20.4 Å². The number of rotatable bonds is 3. The summed E-state index contributed by atoms with van der Waals surface area (Å²) in [6.45, 7) is 3.78. The van der Waals surface area contributed by atoms with Crippen molar-refractivity contribution in [3.8, 4) is 11.3 Å². The third kappa shape index (κ3) is 2.89. The molecule has 0 aliphatic heterocycles. The van der Waals surface area contributed by atoms with Gasteiger partial charge in [-0.3, -0.25) is 4.79 Å². The van der Waals surface area contributed by atoms with E-state index in [2.05, 4.69) is 15.5 Å². The zero-order valence-corrected chi connectivity index (χ0v) is 13.9. The average Bonchev–Trinajstić information content (AvgIpc) is 3.22. The van der Waals surface area contributed by atoms with E-state index in [4.69, 9.17) is 4.52 Å². The number of benzene rings is 1.